The summed E-state index contributed by atoms with van der Waals surface area (Å²) in [6, 6.07) is 2.26. The van der Waals surface area contributed by atoms with E-state index in [1.54, 1.807) is 0 Å². The van der Waals surface area contributed by atoms with E-state index in [1.807, 2.05) is 0 Å². The summed E-state index contributed by atoms with van der Waals surface area (Å²) in [5.41, 5.74) is -0.371. The maximum Gasteiger partial charge on any atom is 0.240 e. The summed E-state index contributed by atoms with van der Waals surface area (Å²) in [7, 11) is 0. The Bertz CT molecular complexity index is 327. The van der Waals surface area contributed by atoms with Gasteiger partial charge in [0.05, 0.1) is 6.07 Å². The summed E-state index contributed by atoms with van der Waals surface area (Å²) in [6.07, 6.45) is 8.38. The first-order chi connectivity index (χ1) is 8.16. The van der Waals surface area contributed by atoms with Crippen molar-refractivity contribution in [3.8, 4) is 6.07 Å². The monoisotopic (exact) mass is 234 g/mol. The van der Waals surface area contributed by atoms with Crippen molar-refractivity contribution in [1.29, 1.82) is 5.26 Å². The molecule has 0 unspecified atom stereocenters. The van der Waals surface area contributed by atoms with Crippen molar-refractivity contribution < 1.29 is 4.79 Å². The summed E-state index contributed by atoms with van der Waals surface area (Å²) < 4.78 is 0. The van der Waals surface area contributed by atoms with Crippen LogP contribution in [0.4, 0.5) is 0 Å². The zero-order valence-electron chi connectivity index (χ0n) is 10.7. The lowest BCUT2D eigenvalue weighted by Gasteiger charge is -2.41. The number of hydrogen-bond acceptors (Lipinski definition) is 2. The lowest BCUT2D eigenvalue weighted by molar-refractivity contribution is -0.128. The van der Waals surface area contributed by atoms with Crippen molar-refractivity contribution in [2.75, 3.05) is 6.54 Å². The molecular weight excluding hydrogens is 212 g/mol. The summed E-state index contributed by atoms with van der Waals surface area (Å²) in [4.78, 5) is 12.2. The van der Waals surface area contributed by atoms with Crippen LogP contribution in [0.5, 0.6) is 0 Å². The van der Waals surface area contributed by atoms with Crippen LogP contribution in [0.1, 0.15) is 58.3 Å². The van der Waals surface area contributed by atoms with Gasteiger partial charge in [0, 0.05) is 6.54 Å². The normalized spacial score (nSPS) is 24.7. The van der Waals surface area contributed by atoms with Gasteiger partial charge < -0.3 is 5.32 Å². The lowest BCUT2D eigenvalue weighted by atomic mass is 9.67. The number of amides is 1. The molecule has 0 saturated heterocycles. The van der Waals surface area contributed by atoms with Crippen LogP contribution in [0.2, 0.25) is 0 Å². The average molecular weight is 234 g/mol. The summed E-state index contributed by atoms with van der Waals surface area (Å²) in [5, 5.41) is 12.3. The van der Waals surface area contributed by atoms with Crippen LogP contribution in [0.3, 0.4) is 0 Å². The van der Waals surface area contributed by atoms with Gasteiger partial charge in [0.25, 0.3) is 0 Å². The third kappa shape index (κ3) is 2.18. The van der Waals surface area contributed by atoms with Crippen molar-refractivity contribution in [2.45, 2.75) is 58.3 Å². The number of nitriles is 1. The molecule has 0 heterocycles. The molecule has 0 atom stereocenters. The van der Waals surface area contributed by atoms with E-state index in [0.717, 1.165) is 38.6 Å². The lowest BCUT2D eigenvalue weighted by Crippen LogP contribution is -2.46. The van der Waals surface area contributed by atoms with Crippen LogP contribution in [0, 0.1) is 22.2 Å². The number of hydrogen-bond donors (Lipinski definition) is 1. The van der Waals surface area contributed by atoms with Crippen LogP contribution < -0.4 is 5.32 Å². The predicted octanol–water partition coefficient (Wildman–Crippen LogP) is 2.77. The Hall–Kier alpha value is -1.04. The van der Waals surface area contributed by atoms with Crippen molar-refractivity contribution in [3.63, 3.8) is 0 Å². The number of carbonyl (C=O) groups is 1. The van der Waals surface area contributed by atoms with Gasteiger partial charge in [-0.15, -0.1) is 0 Å². The minimum absolute atomic E-state index is 0.0165. The third-order valence-corrected chi connectivity index (χ3v) is 4.89. The molecule has 0 aromatic rings. The smallest absolute Gasteiger partial charge is 0.240 e. The van der Waals surface area contributed by atoms with Gasteiger partial charge in [0.15, 0.2) is 0 Å². The average Bonchev–Trinajstić information content (AvgIpc) is 2.77. The van der Waals surface area contributed by atoms with Gasteiger partial charge in [0.1, 0.15) is 5.41 Å². The molecule has 0 radical (unpaired) electrons. The summed E-state index contributed by atoms with van der Waals surface area (Å²) in [6.45, 7) is 2.96. The molecule has 0 spiro atoms. The number of carbonyl (C=O) groups excluding carboxylic acids is 1. The minimum Gasteiger partial charge on any atom is -0.354 e. The third-order valence-electron chi connectivity index (χ3n) is 4.89. The first-order valence-corrected chi connectivity index (χ1v) is 6.86. The van der Waals surface area contributed by atoms with E-state index >= 15 is 0 Å². The van der Waals surface area contributed by atoms with E-state index in [2.05, 4.69) is 18.3 Å². The maximum absolute atomic E-state index is 12.2. The molecular formula is C14H22N2O. The first kappa shape index (κ1) is 12.4. The molecule has 94 valence electrons. The first-order valence-electron chi connectivity index (χ1n) is 6.86. The molecule has 3 heteroatoms. The second kappa shape index (κ2) is 4.68. The van der Waals surface area contributed by atoms with Crippen molar-refractivity contribution in [3.05, 3.63) is 0 Å². The zero-order valence-corrected chi connectivity index (χ0v) is 10.7. The van der Waals surface area contributed by atoms with Crippen LogP contribution in [0.15, 0.2) is 0 Å². The number of nitrogens with one attached hydrogen (secondary N) is 1. The van der Waals surface area contributed by atoms with Crippen LogP contribution in [-0.4, -0.2) is 12.5 Å². The molecule has 1 N–H and O–H groups in total. The predicted molar refractivity (Wildman–Crippen MR) is 66.1 cm³/mol. The molecule has 3 nitrogen and oxygen atoms in total. The van der Waals surface area contributed by atoms with Gasteiger partial charge in [0.2, 0.25) is 5.91 Å². The highest BCUT2D eigenvalue weighted by molar-refractivity contribution is 5.85. The minimum atomic E-state index is -0.710. The number of rotatable bonds is 4. The Balaban J connectivity index is 1.91. The summed E-state index contributed by atoms with van der Waals surface area (Å²) in [5.74, 6) is -0.0165. The molecule has 0 aromatic heterocycles. The second-order valence-electron chi connectivity index (χ2n) is 5.79. The molecule has 1 amide bonds. The maximum atomic E-state index is 12.2. The highest BCUT2D eigenvalue weighted by Gasteiger charge is 2.43. The molecule has 0 aliphatic heterocycles. The summed E-state index contributed by atoms with van der Waals surface area (Å²) >= 11 is 0. The molecule has 0 aromatic carbocycles. The quantitative estimate of drug-likeness (QED) is 0.813. The van der Waals surface area contributed by atoms with E-state index in [4.69, 9.17) is 0 Å². The Kier molecular flexibility index (Phi) is 3.42. The Morgan fingerprint density at radius 1 is 1.24 bits per heavy atom. The van der Waals surface area contributed by atoms with Gasteiger partial charge >= 0.3 is 0 Å². The fourth-order valence-corrected chi connectivity index (χ4v) is 3.14. The van der Waals surface area contributed by atoms with Crippen LogP contribution in [0.25, 0.3) is 0 Å². The van der Waals surface area contributed by atoms with Crippen LogP contribution in [-0.2, 0) is 4.79 Å². The SMILES string of the molecule is CCC1(CNC(=O)C2(C#N)CCCC2)CCC1. The van der Waals surface area contributed by atoms with Gasteiger partial charge in [-0.3, -0.25) is 4.79 Å². The van der Waals surface area contributed by atoms with E-state index in [9.17, 15) is 10.1 Å². The Morgan fingerprint density at radius 2 is 1.88 bits per heavy atom. The molecule has 2 fully saturated rings. The topological polar surface area (TPSA) is 52.9 Å². The van der Waals surface area contributed by atoms with Crippen molar-refractivity contribution in [1.82, 2.24) is 5.32 Å². The number of nitrogens with zero attached hydrogens (tertiary/aromatic N) is 1. The Morgan fingerprint density at radius 3 is 2.29 bits per heavy atom. The van der Waals surface area contributed by atoms with Gasteiger partial charge in [-0.2, -0.15) is 5.26 Å². The van der Waals surface area contributed by atoms with Gasteiger partial charge in [-0.25, -0.2) is 0 Å². The fourth-order valence-electron chi connectivity index (χ4n) is 3.14. The van der Waals surface area contributed by atoms with Crippen LogP contribution >= 0.6 is 0 Å². The van der Waals surface area contributed by atoms with Gasteiger partial charge in [-0.05, 0) is 37.5 Å². The molecule has 17 heavy (non-hydrogen) atoms. The molecule has 2 aliphatic rings. The van der Waals surface area contributed by atoms with E-state index < -0.39 is 5.41 Å². The standard InChI is InChI=1S/C14H22N2O/c1-2-13(6-5-7-13)11-16-12(17)14(10-15)8-3-4-9-14/h2-9,11H2,1H3,(H,16,17). The molecule has 2 aliphatic carbocycles. The second-order valence-corrected chi connectivity index (χ2v) is 5.79. The Labute approximate surface area is 104 Å². The fraction of sp³-hybridized carbons (Fsp3) is 0.857. The van der Waals surface area contributed by atoms with Crippen molar-refractivity contribution >= 4 is 5.91 Å². The molecule has 0 bridgehead atoms. The highest BCUT2D eigenvalue weighted by Crippen LogP contribution is 2.43. The van der Waals surface area contributed by atoms with E-state index in [0.29, 0.717) is 5.41 Å². The van der Waals surface area contributed by atoms with E-state index in [-0.39, 0.29) is 5.91 Å². The molecule has 2 saturated carbocycles. The van der Waals surface area contributed by atoms with E-state index in [1.165, 1.54) is 19.3 Å². The largest absolute Gasteiger partial charge is 0.354 e. The van der Waals surface area contributed by atoms with Gasteiger partial charge in [-0.1, -0.05) is 26.2 Å². The molecule has 2 rings (SSSR count). The zero-order chi connectivity index (χ0) is 12.4. The highest BCUT2D eigenvalue weighted by atomic mass is 16.2. The van der Waals surface area contributed by atoms with Crippen molar-refractivity contribution in [2.24, 2.45) is 10.8 Å².